The van der Waals surface area contributed by atoms with Crippen molar-refractivity contribution >= 4 is 6.47 Å². The Morgan fingerprint density at radius 2 is 2.50 bits per heavy atom. The van der Waals surface area contributed by atoms with E-state index in [1.165, 1.54) is 0 Å². The molecule has 0 spiro atoms. The summed E-state index contributed by atoms with van der Waals surface area (Å²) in [5, 5.41) is 0. The van der Waals surface area contributed by atoms with Crippen LogP contribution in [-0.4, -0.2) is 19.4 Å². The van der Waals surface area contributed by atoms with Crippen LogP contribution < -0.4 is 0 Å². The summed E-state index contributed by atoms with van der Waals surface area (Å²) < 4.78 is 8.99. The van der Waals surface area contributed by atoms with Crippen LogP contribution in [0.25, 0.3) is 0 Å². The van der Waals surface area contributed by atoms with E-state index < -0.39 is 6.29 Å². The zero-order valence-electron chi connectivity index (χ0n) is 4.79. The molecule has 8 heavy (non-hydrogen) atoms. The van der Waals surface area contributed by atoms with Crippen molar-refractivity contribution < 1.29 is 14.3 Å². The molecule has 0 bridgehead atoms. The lowest BCUT2D eigenvalue weighted by Gasteiger charge is -2.06. The highest BCUT2D eigenvalue weighted by Crippen LogP contribution is 1.87. The monoisotopic (exact) mass is 117 g/mol. The maximum absolute atomic E-state index is 9.55. The fourth-order valence-corrected chi connectivity index (χ4v) is 0.287. The van der Waals surface area contributed by atoms with Gasteiger partial charge in [0.1, 0.15) is 0 Å². The molecule has 0 aliphatic heterocycles. The molecule has 0 amide bonds. The second-order valence-corrected chi connectivity index (χ2v) is 1.12. The van der Waals surface area contributed by atoms with Crippen molar-refractivity contribution in [2.24, 2.45) is 0 Å². The van der Waals surface area contributed by atoms with Gasteiger partial charge in [-0.1, -0.05) is 0 Å². The maximum Gasteiger partial charge on any atom is 0.295 e. The molecule has 0 fully saturated rings. The van der Waals surface area contributed by atoms with Gasteiger partial charge >= 0.3 is 0 Å². The van der Waals surface area contributed by atoms with Crippen molar-refractivity contribution in [2.75, 3.05) is 6.61 Å². The SMILES string of the molecule is [CH2]C(OC=O)OCC. The first-order valence-corrected chi connectivity index (χ1v) is 2.35. The Morgan fingerprint density at radius 3 is 2.88 bits per heavy atom. The number of carbonyl (C=O) groups excluding carboxylic acids is 1. The number of hydrogen-bond donors (Lipinski definition) is 0. The molecule has 0 aromatic rings. The van der Waals surface area contributed by atoms with Crippen LogP contribution in [0, 0.1) is 6.92 Å². The van der Waals surface area contributed by atoms with Crippen molar-refractivity contribution in [1.29, 1.82) is 0 Å². The summed E-state index contributed by atoms with van der Waals surface area (Å²) in [6.07, 6.45) is -0.655. The summed E-state index contributed by atoms with van der Waals surface area (Å²) in [5.74, 6) is 0. The molecule has 3 heteroatoms. The van der Waals surface area contributed by atoms with Crippen LogP contribution in [-0.2, 0) is 14.3 Å². The van der Waals surface area contributed by atoms with Gasteiger partial charge in [0.15, 0.2) is 0 Å². The van der Waals surface area contributed by atoms with E-state index >= 15 is 0 Å². The fraction of sp³-hybridized carbons (Fsp3) is 0.600. The summed E-state index contributed by atoms with van der Waals surface area (Å²) >= 11 is 0. The zero-order valence-corrected chi connectivity index (χ0v) is 4.79. The van der Waals surface area contributed by atoms with Crippen LogP contribution >= 0.6 is 0 Å². The summed E-state index contributed by atoms with van der Waals surface area (Å²) in [4.78, 5) is 9.55. The highest BCUT2D eigenvalue weighted by Gasteiger charge is 1.95. The van der Waals surface area contributed by atoms with Crippen molar-refractivity contribution in [3.63, 3.8) is 0 Å². The second-order valence-electron chi connectivity index (χ2n) is 1.12. The predicted molar refractivity (Wildman–Crippen MR) is 27.9 cm³/mol. The lowest BCUT2D eigenvalue weighted by atomic mass is 10.7. The van der Waals surface area contributed by atoms with Crippen LogP contribution in [0.1, 0.15) is 6.92 Å². The molecule has 0 aliphatic rings. The summed E-state index contributed by atoms with van der Waals surface area (Å²) in [6.45, 7) is 5.95. The van der Waals surface area contributed by atoms with Crippen LogP contribution in [0.3, 0.4) is 0 Å². The zero-order chi connectivity index (χ0) is 6.41. The normalized spacial score (nSPS) is 12.8. The van der Waals surface area contributed by atoms with E-state index in [0.717, 1.165) is 0 Å². The Bertz CT molecular complexity index is 62.7. The number of rotatable bonds is 4. The molecule has 0 rings (SSSR count). The van der Waals surface area contributed by atoms with Crippen LogP contribution in [0.5, 0.6) is 0 Å². The smallest absolute Gasteiger partial charge is 0.295 e. The highest BCUT2D eigenvalue weighted by atomic mass is 16.7. The molecule has 47 valence electrons. The summed E-state index contributed by atoms with van der Waals surface area (Å²) in [5.41, 5.74) is 0. The van der Waals surface area contributed by atoms with Gasteiger partial charge in [-0.3, -0.25) is 4.79 Å². The Labute approximate surface area is 48.6 Å². The molecular formula is C5H9O3. The van der Waals surface area contributed by atoms with E-state index in [9.17, 15) is 4.79 Å². The Kier molecular flexibility index (Phi) is 4.26. The molecule has 0 saturated heterocycles. The molecule has 1 radical (unpaired) electrons. The number of ether oxygens (including phenoxy) is 2. The lowest BCUT2D eigenvalue weighted by Crippen LogP contribution is -2.11. The Morgan fingerprint density at radius 1 is 1.88 bits per heavy atom. The molecule has 3 nitrogen and oxygen atoms in total. The van der Waals surface area contributed by atoms with Crippen molar-refractivity contribution in [1.82, 2.24) is 0 Å². The first-order chi connectivity index (χ1) is 3.81. The van der Waals surface area contributed by atoms with Gasteiger partial charge in [0, 0.05) is 13.5 Å². The van der Waals surface area contributed by atoms with E-state index in [4.69, 9.17) is 4.74 Å². The van der Waals surface area contributed by atoms with Gasteiger partial charge in [-0.2, -0.15) is 0 Å². The van der Waals surface area contributed by atoms with Crippen LogP contribution in [0.2, 0.25) is 0 Å². The third-order valence-electron chi connectivity index (χ3n) is 0.560. The topological polar surface area (TPSA) is 35.5 Å². The van der Waals surface area contributed by atoms with Gasteiger partial charge in [-0.25, -0.2) is 0 Å². The first kappa shape index (κ1) is 7.43. The van der Waals surface area contributed by atoms with Gasteiger partial charge in [-0.15, -0.1) is 0 Å². The number of carbonyl (C=O) groups is 1. The molecule has 1 atom stereocenters. The minimum Gasteiger partial charge on any atom is -0.438 e. The maximum atomic E-state index is 9.55. The Balaban J connectivity index is 3.03. The standard InChI is InChI=1S/C5H9O3/c1-3-7-5(2)8-4-6/h4-5H,2-3H2,1H3. The lowest BCUT2D eigenvalue weighted by molar-refractivity contribution is -0.152. The second kappa shape index (κ2) is 4.59. The summed E-state index contributed by atoms with van der Waals surface area (Å²) in [6, 6.07) is 0. The average Bonchev–Trinajstić information content (AvgIpc) is 1.68. The highest BCUT2D eigenvalue weighted by molar-refractivity contribution is 5.37. The molecule has 0 N–H and O–H groups in total. The number of hydrogen-bond acceptors (Lipinski definition) is 3. The third-order valence-corrected chi connectivity index (χ3v) is 0.560. The summed E-state index contributed by atoms with van der Waals surface area (Å²) in [7, 11) is 0. The predicted octanol–water partition coefficient (Wildman–Crippen LogP) is 0.356. The Hall–Kier alpha value is -0.570. The molecule has 0 heterocycles. The van der Waals surface area contributed by atoms with E-state index in [0.29, 0.717) is 13.1 Å². The van der Waals surface area contributed by atoms with E-state index in [-0.39, 0.29) is 0 Å². The third kappa shape index (κ3) is 3.61. The molecular weight excluding hydrogens is 108 g/mol. The van der Waals surface area contributed by atoms with Crippen molar-refractivity contribution in [3.05, 3.63) is 6.92 Å². The minimum atomic E-state index is -0.655. The average molecular weight is 117 g/mol. The molecule has 0 aromatic heterocycles. The van der Waals surface area contributed by atoms with Crippen LogP contribution in [0.15, 0.2) is 0 Å². The van der Waals surface area contributed by atoms with Gasteiger partial charge < -0.3 is 9.47 Å². The fourth-order valence-electron chi connectivity index (χ4n) is 0.287. The van der Waals surface area contributed by atoms with Crippen molar-refractivity contribution in [2.45, 2.75) is 13.2 Å². The van der Waals surface area contributed by atoms with Crippen LogP contribution in [0.4, 0.5) is 0 Å². The van der Waals surface area contributed by atoms with E-state index in [1.54, 1.807) is 6.92 Å². The molecule has 0 saturated carbocycles. The van der Waals surface area contributed by atoms with Gasteiger partial charge in [0.05, 0.1) is 0 Å². The quantitative estimate of drug-likeness (QED) is 0.394. The van der Waals surface area contributed by atoms with Gasteiger partial charge in [0.2, 0.25) is 6.29 Å². The van der Waals surface area contributed by atoms with Gasteiger partial charge in [-0.05, 0) is 6.92 Å². The molecule has 0 aliphatic carbocycles. The van der Waals surface area contributed by atoms with E-state index in [1.807, 2.05) is 0 Å². The molecule has 1 unspecified atom stereocenters. The molecule has 0 aromatic carbocycles. The van der Waals surface area contributed by atoms with E-state index in [2.05, 4.69) is 11.7 Å². The largest absolute Gasteiger partial charge is 0.438 e. The minimum absolute atomic E-state index is 0.313. The van der Waals surface area contributed by atoms with Crippen molar-refractivity contribution in [3.8, 4) is 0 Å². The van der Waals surface area contributed by atoms with Gasteiger partial charge in [0.25, 0.3) is 6.47 Å². The first-order valence-electron chi connectivity index (χ1n) is 2.35.